The van der Waals surface area contributed by atoms with E-state index in [9.17, 15) is 13.9 Å². The molecule has 2 rings (SSSR count). The maximum Gasteiger partial charge on any atom is 0.169 e. The Labute approximate surface area is 101 Å². The molecule has 0 saturated carbocycles. The number of hydrogen-bond acceptors (Lipinski definition) is 2. The summed E-state index contributed by atoms with van der Waals surface area (Å²) in [4.78, 5) is 0. The van der Waals surface area contributed by atoms with Crippen LogP contribution in [0.25, 0.3) is 0 Å². The minimum Gasteiger partial charge on any atom is -0.504 e. The first kappa shape index (κ1) is 11.7. The summed E-state index contributed by atoms with van der Waals surface area (Å²) < 4.78 is 31.0. The molecule has 0 spiro atoms. The van der Waals surface area contributed by atoms with Gasteiger partial charge in [0.05, 0.1) is 0 Å². The van der Waals surface area contributed by atoms with Gasteiger partial charge in [0.15, 0.2) is 23.1 Å². The summed E-state index contributed by atoms with van der Waals surface area (Å²) in [5.41, 5.74) is 0. The maximum absolute atomic E-state index is 13.3. The molecule has 0 aromatic heterocycles. The summed E-state index contributed by atoms with van der Waals surface area (Å²) >= 11 is 5.63. The predicted molar refractivity (Wildman–Crippen MR) is 59.5 cm³/mol. The highest BCUT2D eigenvalue weighted by molar-refractivity contribution is 6.30. The van der Waals surface area contributed by atoms with Crippen LogP contribution >= 0.6 is 11.6 Å². The molecule has 0 unspecified atom stereocenters. The van der Waals surface area contributed by atoms with Crippen molar-refractivity contribution in [1.82, 2.24) is 0 Å². The molecule has 17 heavy (non-hydrogen) atoms. The van der Waals surface area contributed by atoms with Crippen molar-refractivity contribution < 1.29 is 18.6 Å². The molecule has 0 fully saturated rings. The SMILES string of the molecule is Oc1cc(Cl)ccc1Oc1ccc(F)cc1F. The van der Waals surface area contributed by atoms with E-state index in [0.717, 1.165) is 12.1 Å². The number of halogens is 3. The van der Waals surface area contributed by atoms with E-state index in [-0.39, 0.29) is 17.2 Å². The molecular formula is C12H7ClF2O2. The summed E-state index contributed by atoms with van der Waals surface area (Å²) in [6.45, 7) is 0. The third kappa shape index (κ3) is 2.65. The van der Waals surface area contributed by atoms with E-state index < -0.39 is 11.6 Å². The Morgan fingerprint density at radius 3 is 2.35 bits per heavy atom. The number of benzene rings is 2. The summed E-state index contributed by atoms with van der Waals surface area (Å²) in [6, 6.07) is 7.03. The van der Waals surface area contributed by atoms with Gasteiger partial charge in [-0.05, 0) is 24.3 Å². The predicted octanol–water partition coefficient (Wildman–Crippen LogP) is 4.12. The molecule has 0 bridgehead atoms. The Morgan fingerprint density at radius 1 is 1.00 bits per heavy atom. The van der Waals surface area contributed by atoms with Crippen LogP contribution in [-0.2, 0) is 0 Å². The lowest BCUT2D eigenvalue weighted by atomic mass is 10.3. The number of ether oxygens (including phenoxy) is 1. The molecule has 0 aliphatic carbocycles. The number of hydrogen-bond donors (Lipinski definition) is 1. The van der Waals surface area contributed by atoms with Crippen LogP contribution in [0.4, 0.5) is 8.78 Å². The fraction of sp³-hybridized carbons (Fsp3) is 0. The second kappa shape index (κ2) is 4.59. The van der Waals surface area contributed by atoms with Crippen molar-refractivity contribution in [3.05, 3.63) is 53.1 Å². The summed E-state index contributed by atoms with van der Waals surface area (Å²) in [5.74, 6) is -1.90. The molecule has 2 nitrogen and oxygen atoms in total. The zero-order valence-corrected chi connectivity index (χ0v) is 9.21. The van der Waals surface area contributed by atoms with E-state index in [1.54, 1.807) is 0 Å². The Hall–Kier alpha value is -1.81. The molecule has 0 saturated heterocycles. The lowest BCUT2D eigenvalue weighted by Gasteiger charge is -2.08. The minimum atomic E-state index is -0.848. The van der Waals surface area contributed by atoms with Gasteiger partial charge in [0, 0.05) is 17.2 Å². The molecule has 0 amide bonds. The first-order valence-corrected chi connectivity index (χ1v) is 5.05. The average molecular weight is 257 g/mol. The number of phenols is 1. The molecule has 1 N–H and O–H groups in total. The quantitative estimate of drug-likeness (QED) is 0.876. The highest BCUT2D eigenvalue weighted by atomic mass is 35.5. The van der Waals surface area contributed by atoms with Crippen LogP contribution < -0.4 is 4.74 Å². The van der Waals surface area contributed by atoms with E-state index in [1.807, 2.05) is 0 Å². The van der Waals surface area contributed by atoms with Gasteiger partial charge in [-0.2, -0.15) is 0 Å². The zero-order valence-electron chi connectivity index (χ0n) is 8.45. The number of rotatable bonds is 2. The molecule has 5 heteroatoms. The first-order valence-electron chi connectivity index (χ1n) is 4.67. The van der Waals surface area contributed by atoms with Crippen molar-refractivity contribution in [3.8, 4) is 17.2 Å². The largest absolute Gasteiger partial charge is 0.504 e. The van der Waals surface area contributed by atoms with Crippen LogP contribution in [-0.4, -0.2) is 5.11 Å². The van der Waals surface area contributed by atoms with Gasteiger partial charge in [-0.15, -0.1) is 0 Å². The van der Waals surface area contributed by atoms with E-state index in [2.05, 4.69) is 0 Å². The fourth-order valence-electron chi connectivity index (χ4n) is 1.25. The van der Waals surface area contributed by atoms with Crippen LogP contribution in [0.2, 0.25) is 5.02 Å². The average Bonchev–Trinajstić information content (AvgIpc) is 2.25. The molecule has 0 aliphatic rings. The van der Waals surface area contributed by atoms with E-state index in [4.69, 9.17) is 16.3 Å². The molecule has 2 aromatic carbocycles. The lowest BCUT2D eigenvalue weighted by molar-refractivity contribution is 0.394. The fourth-order valence-corrected chi connectivity index (χ4v) is 1.42. The van der Waals surface area contributed by atoms with Gasteiger partial charge in [-0.3, -0.25) is 0 Å². The van der Waals surface area contributed by atoms with Gasteiger partial charge in [-0.1, -0.05) is 11.6 Å². The number of aromatic hydroxyl groups is 1. The third-order valence-electron chi connectivity index (χ3n) is 2.03. The topological polar surface area (TPSA) is 29.5 Å². The van der Waals surface area contributed by atoms with Crippen molar-refractivity contribution in [3.63, 3.8) is 0 Å². The first-order chi connectivity index (χ1) is 8.06. The van der Waals surface area contributed by atoms with E-state index in [0.29, 0.717) is 11.1 Å². The second-order valence-electron chi connectivity index (χ2n) is 3.29. The highest BCUT2D eigenvalue weighted by Crippen LogP contribution is 2.33. The smallest absolute Gasteiger partial charge is 0.169 e. The van der Waals surface area contributed by atoms with Crippen LogP contribution in [0, 0.1) is 11.6 Å². The maximum atomic E-state index is 13.3. The standard InChI is InChI=1S/C12H7ClF2O2/c13-7-1-3-12(10(16)5-7)17-11-4-2-8(14)6-9(11)15/h1-6,16H. The monoisotopic (exact) mass is 256 g/mol. The van der Waals surface area contributed by atoms with Crippen LogP contribution in [0.15, 0.2) is 36.4 Å². The molecule has 88 valence electrons. The zero-order chi connectivity index (χ0) is 12.4. The van der Waals surface area contributed by atoms with Crippen molar-refractivity contribution in [1.29, 1.82) is 0 Å². The molecule has 0 aliphatic heterocycles. The van der Waals surface area contributed by atoms with Crippen molar-refractivity contribution in [2.45, 2.75) is 0 Å². The number of phenolic OH excluding ortho intramolecular Hbond substituents is 1. The van der Waals surface area contributed by atoms with E-state index in [1.165, 1.54) is 18.2 Å². The van der Waals surface area contributed by atoms with Crippen LogP contribution in [0.5, 0.6) is 17.2 Å². The van der Waals surface area contributed by atoms with Crippen LogP contribution in [0.1, 0.15) is 0 Å². The van der Waals surface area contributed by atoms with E-state index >= 15 is 0 Å². The van der Waals surface area contributed by atoms with Crippen LogP contribution in [0.3, 0.4) is 0 Å². The minimum absolute atomic E-state index is 0.0416. The molecular weight excluding hydrogens is 250 g/mol. The normalized spacial score (nSPS) is 10.3. The van der Waals surface area contributed by atoms with Gasteiger partial charge in [-0.25, -0.2) is 8.78 Å². The highest BCUT2D eigenvalue weighted by Gasteiger charge is 2.09. The van der Waals surface area contributed by atoms with Crippen molar-refractivity contribution in [2.24, 2.45) is 0 Å². The Morgan fingerprint density at radius 2 is 1.71 bits per heavy atom. The Bertz CT molecular complexity index is 509. The van der Waals surface area contributed by atoms with Gasteiger partial charge in [0.25, 0.3) is 0 Å². The Kier molecular flexibility index (Phi) is 3.15. The summed E-state index contributed by atoms with van der Waals surface area (Å²) in [7, 11) is 0. The molecule has 0 radical (unpaired) electrons. The van der Waals surface area contributed by atoms with Gasteiger partial charge in [0.1, 0.15) is 5.82 Å². The summed E-state index contributed by atoms with van der Waals surface area (Å²) in [5, 5.41) is 9.82. The van der Waals surface area contributed by atoms with Crippen molar-refractivity contribution in [2.75, 3.05) is 0 Å². The molecule has 0 atom stereocenters. The van der Waals surface area contributed by atoms with Gasteiger partial charge in [0.2, 0.25) is 0 Å². The van der Waals surface area contributed by atoms with Gasteiger partial charge >= 0.3 is 0 Å². The second-order valence-corrected chi connectivity index (χ2v) is 3.73. The lowest BCUT2D eigenvalue weighted by Crippen LogP contribution is -1.89. The summed E-state index contributed by atoms with van der Waals surface area (Å²) in [6.07, 6.45) is 0. The van der Waals surface area contributed by atoms with Crippen molar-refractivity contribution >= 4 is 11.6 Å². The Balaban J connectivity index is 2.31. The third-order valence-corrected chi connectivity index (χ3v) is 2.27. The molecule has 0 heterocycles. The van der Waals surface area contributed by atoms with Gasteiger partial charge < -0.3 is 9.84 Å². The molecule has 2 aromatic rings.